The first-order valence-electron chi connectivity index (χ1n) is 5.52. The summed E-state index contributed by atoms with van der Waals surface area (Å²) in [5, 5.41) is 4.36. The van der Waals surface area contributed by atoms with Gasteiger partial charge in [0.15, 0.2) is 5.17 Å². The summed E-state index contributed by atoms with van der Waals surface area (Å²) in [5.41, 5.74) is 0.413. The van der Waals surface area contributed by atoms with Crippen molar-refractivity contribution in [3.63, 3.8) is 0 Å². The van der Waals surface area contributed by atoms with Crippen molar-refractivity contribution in [2.45, 2.75) is 25.8 Å². The van der Waals surface area contributed by atoms with Gasteiger partial charge in [-0.05, 0) is 32.4 Å². The van der Waals surface area contributed by atoms with Crippen LogP contribution in [0.25, 0.3) is 0 Å². The van der Waals surface area contributed by atoms with Gasteiger partial charge in [0.2, 0.25) is 0 Å². The van der Waals surface area contributed by atoms with Gasteiger partial charge in [0.25, 0.3) is 0 Å². The lowest BCUT2D eigenvalue weighted by atomic mass is 10.0. The molecule has 18 heavy (non-hydrogen) atoms. The Hall–Kier alpha value is -0.450. The molecule has 0 amide bonds. The predicted molar refractivity (Wildman–Crippen MR) is 78.6 cm³/mol. The van der Waals surface area contributed by atoms with E-state index < -0.39 is 5.82 Å². The second-order valence-electron chi connectivity index (χ2n) is 4.70. The van der Waals surface area contributed by atoms with E-state index >= 15 is 0 Å². The number of hydrogen-bond donors (Lipinski definition) is 1. The molecule has 0 unspecified atom stereocenters. The summed E-state index contributed by atoms with van der Waals surface area (Å²) in [7, 11) is 0. The number of benzene rings is 1. The molecule has 2 rings (SSSR count). The van der Waals surface area contributed by atoms with Gasteiger partial charge in [-0.3, -0.25) is 4.99 Å². The van der Waals surface area contributed by atoms with Gasteiger partial charge in [-0.15, -0.1) is 0 Å². The minimum absolute atomic E-state index is 0.0907. The molecule has 0 saturated heterocycles. The minimum Gasteiger partial charge on any atom is -0.333 e. The van der Waals surface area contributed by atoms with Crippen molar-refractivity contribution < 1.29 is 4.39 Å². The smallest absolute Gasteiger partial charge is 0.161 e. The minimum atomic E-state index is -0.450. The third-order valence-corrected chi connectivity index (χ3v) is 4.07. The fraction of sp³-hybridized carbons (Fsp3) is 0.417. The molecule has 0 radical (unpaired) electrons. The fourth-order valence-corrected chi connectivity index (χ4v) is 3.43. The largest absolute Gasteiger partial charge is 0.333 e. The fourth-order valence-electron chi connectivity index (χ4n) is 1.59. The second kappa shape index (κ2) is 5.27. The molecule has 0 aliphatic carbocycles. The molecule has 1 heterocycles. The molecule has 2 nitrogen and oxygen atoms in total. The number of nitrogens with one attached hydrogen (secondary N) is 1. The molecule has 0 saturated carbocycles. The first kappa shape index (κ1) is 14.0. The molecular formula is C12H13Cl2FN2S. The number of rotatable bonds is 1. The highest BCUT2D eigenvalue weighted by Crippen LogP contribution is 2.34. The lowest BCUT2D eigenvalue weighted by Crippen LogP contribution is -2.27. The molecule has 0 spiro atoms. The van der Waals surface area contributed by atoms with Gasteiger partial charge in [-0.1, -0.05) is 35.0 Å². The maximum atomic E-state index is 13.1. The SMILES string of the molecule is CC1(C)CCSC(Nc2c(Cl)cc(F)cc2Cl)=N1. The Morgan fingerprint density at radius 2 is 1.94 bits per heavy atom. The van der Waals surface area contributed by atoms with Crippen molar-refractivity contribution in [1.29, 1.82) is 0 Å². The van der Waals surface area contributed by atoms with E-state index in [0.717, 1.165) is 17.3 Å². The van der Waals surface area contributed by atoms with E-state index in [1.54, 1.807) is 11.8 Å². The van der Waals surface area contributed by atoms with Crippen LogP contribution in [0.1, 0.15) is 20.3 Å². The molecule has 1 aromatic rings. The van der Waals surface area contributed by atoms with Crippen molar-refractivity contribution in [2.24, 2.45) is 4.99 Å². The van der Waals surface area contributed by atoms with Crippen molar-refractivity contribution in [3.8, 4) is 0 Å². The molecule has 1 aliphatic heterocycles. The summed E-state index contributed by atoms with van der Waals surface area (Å²) in [6.07, 6.45) is 1.02. The highest BCUT2D eigenvalue weighted by Gasteiger charge is 2.23. The Morgan fingerprint density at radius 1 is 1.33 bits per heavy atom. The van der Waals surface area contributed by atoms with Crippen molar-refractivity contribution in [2.75, 3.05) is 11.1 Å². The van der Waals surface area contributed by atoms with E-state index in [4.69, 9.17) is 23.2 Å². The molecule has 0 bridgehead atoms. The van der Waals surface area contributed by atoms with Gasteiger partial charge < -0.3 is 5.32 Å². The van der Waals surface area contributed by atoms with E-state index in [1.807, 2.05) is 0 Å². The zero-order valence-electron chi connectivity index (χ0n) is 10.1. The molecule has 6 heteroatoms. The first-order chi connectivity index (χ1) is 8.37. The Kier molecular flexibility index (Phi) is 4.09. The average molecular weight is 307 g/mol. The summed E-state index contributed by atoms with van der Waals surface area (Å²) in [5.74, 6) is 0.532. The third kappa shape index (κ3) is 3.31. The standard InChI is InChI=1S/C12H13Cl2FN2S/c1-12(2)3-4-18-11(17-12)16-10-8(13)5-7(15)6-9(10)14/h5-6H,3-4H2,1-2H3,(H,16,17). The van der Waals surface area contributed by atoms with Crippen LogP contribution in [0, 0.1) is 5.82 Å². The van der Waals surface area contributed by atoms with Crippen LogP contribution in [0.15, 0.2) is 17.1 Å². The third-order valence-electron chi connectivity index (χ3n) is 2.60. The van der Waals surface area contributed by atoms with E-state index in [0.29, 0.717) is 5.69 Å². The van der Waals surface area contributed by atoms with Crippen LogP contribution >= 0.6 is 35.0 Å². The van der Waals surface area contributed by atoms with E-state index in [9.17, 15) is 4.39 Å². The molecule has 0 fully saturated rings. The Labute approximate surface area is 120 Å². The van der Waals surface area contributed by atoms with Crippen LogP contribution in [0.4, 0.5) is 10.1 Å². The lowest BCUT2D eigenvalue weighted by Gasteiger charge is -2.26. The van der Waals surface area contributed by atoms with Crippen LogP contribution < -0.4 is 5.32 Å². The van der Waals surface area contributed by atoms with Crippen molar-refractivity contribution >= 4 is 45.8 Å². The normalized spacial score (nSPS) is 18.4. The Balaban J connectivity index is 2.27. The van der Waals surface area contributed by atoms with Crippen LogP contribution in [0.5, 0.6) is 0 Å². The topological polar surface area (TPSA) is 24.4 Å². The molecule has 1 N–H and O–H groups in total. The van der Waals surface area contributed by atoms with E-state index in [-0.39, 0.29) is 15.6 Å². The number of anilines is 1. The summed E-state index contributed by atoms with van der Waals surface area (Å²) in [4.78, 5) is 4.57. The zero-order chi connectivity index (χ0) is 13.3. The lowest BCUT2D eigenvalue weighted by molar-refractivity contribution is 0.507. The number of amidine groups is 1. The van der Waals surface area contributed by atoms with Gasteiger partial charge in [0.05, 0.1) is 21.3 Å². The highest BCUT2D eigenvalue weighted by molar-refractivity contribution is 8.14. The zero-order valence-corrected chi connectivity index (χ0v) is 12.4. The van der Waals surface area contributed by atoms with E-state index in [1.165, 1.54) is 12.1 Å². The Bertz CT molecular complexity index is 480. The average Bonchev–Trinajstić information content (AvgIpc) is 2.22. The van der Waals surface area contributed by atoms with Gasteiger partial charge in [-0.25, -0.2) is 4.39 Å². The first-order valence-corrected chi connectivity index (χ1v) is 7.26. The molecule has 1 aliphatic rings. The maximum Gasteiger partial charge on any atom is 0.161 e. The Morgan fingerprint density at radius 3 is 2.50 bits per heavy atom. The van der Waals surface area contributed by atoms with Gasteiger partial charge in [0.1, 0.15) is 5.82 Å². The number of hydrogen-bond acceptors (Lipinski definition) is 3. The van der Waals surface area contributed by atoms with Crippen LogP contribution in [-0.4, -0.2) is 16.5 Å². The number of thioether (sulfide) groups is 1. The number of halogens is 3. The van der Waals surface area contributed by atoms with E-state index in [2.05, 4.69) is 24.2 Å². The quantitative estimate of drug-likeness (QED) is 0.804. The summed E-state index contributed by atoms with van der Waals surface area (Å²) in [6, 6.07) is 2.46. The molecule has 0 atom stereocenters. The monoisotopic (exact) mass is 306 g/mol. The maximum absolute atomic E-state index is 13.1. The highest BCUT2D eigenvalue weighted by atomic mass is 35.5. The number of aliphatic imine (C=N–C) groups is 1. The summed E-state index contributed by atoms with van der Waals surface area (Å²) >= 11 is 13.6. The van der Waals surface area contributed by atoms with Crippen LogP contribution in [-0.2, 0) is 0 Å². The molecule has 0 aromatic heterocycles. The van der Waals surface area contributed by atoms with Crippen molar-refractivity contribution in [1.82, 2.24) is 0 Å². The summed E-state index contributed by atoms with van der Waals surface area (Å²) in [6.45, 7) is 4.14. The van der Waals surface area contributed by atoms with Crippen LogP contribution in [0.2, 0.25) is 10.0 Å². The summed E-state index contributed by atoms with van der Waals surface area (Å²) < 4.78 is 13.1. The van der Waals surface area contributed by atoms with Gasteiger partial charge in [-0.2, -0.15) is 0 Å². The molecule has 98 valence electrons. The molecule has 1 aromatic carbocycles. The van der Waals surface area contributed by atoms with Gasteiger partial charge in [0, 0.05) is 5.75 Å². The van der Waals surface area contributed by atoms with Crippen LogP contribution in [0.3, 0.4) is 0 Å². The van der Waals surface area contributed by atoms with Gasteiger partial charge >= 0.3 is 0 Å². The molecular weight excluding hydrogens is 294 g/mol. The second-order valence-corrected chi connectivity index (χ2v) is 6.60. The van der Waals surface area contributed by atoms with Crippen molar-refractivity contribution in [3.05, 3.63) is 28.0 Å². The number of nitrogens with zero attached hydrogens (tertiary/aromatic N) is 1. The predicted octanol–water partition coefficient (Wildman–Crippen LogP) is 4.82.